The van der Waals surface area contributed by atoms with Crippen LogP contribution in [0.2, 0.25) is 0 Å². The molecule has 4 N–H and O–H groups in total. The summed E-state index contributed by atoms with van der Waals surface area (Å²) in [6.07, 6.45) is 5.91. The highest BCUT2D eigenvalue weighted by Gasteiger charge is 2.28. The van der Waals surface area contributed by atoms with E-state index < -0.39 is 17.9 Å². The molecule has 0 aliphatic heterocycles. The molecular weight excluding hydrogens is 420 g/mol. The summed E-state index contributed by atoms with van der Waals surface area (Å²) in [6.45, 7) is 3.74. The third-order valence-electron chi connectivity index (χ3n) is 5.45. The second-order valence-corrected chi connectivity index (χ2v) is 8.76. The fourth-order valence-electron chi connectivity index (χ4n) is 3.61. The second kappa shape index (κ2) is 9.81. The Morgan fingerprint density at radius 2 is 1.91 bits per heavy atom. The van der Waals surface area contributed by atoms with E-state index in [1.165, 1.54) is 0 Å². The van der Waals surface area contributed by atoms with Gasteiger partial charge in [0.1, 0.15) is 11.6 Å². The molecule has 1 atom stereocenters. The normalized spacial score (nSPS) is 14.2. The average molecular weight is 449 g/mol. The zero-order valence-electron chi connectivity index (χ0n) is 18.7. The largest absolute Gasteiger partial charge is 0.345 e. The van der Waals surface area contributed by atoms with E-state index in [9.17, 15) is 14.4 Å². The fraction of sp³-hybridized carbons (Fsp3) is 0.375. The SMILES string of the molecule is CC(C)CC(NC(=O)c1c[nH]c2ncc(C3CC3)nc12)C(=O)NCC(=O)Nc1ccccc1. The van der Waals surface area contributed by atoms with Gasteiger partial charge in [0.05, 0.1) is 24.0 Å². The molecule has 1 saturated carbocycles. The number of anilines is 1. The highest BCUT2D eigenvalue weighted by Crippen LogP contribution is 2.39. The summed E-state index contributed by atoms with van der Waals surface area (Å²) < 4.78 is 0. The first-order valence-corrected chi connectivity index (χ1v) is 11.2. The van der Waals surface area contributed by atoms with Crippen LogP contribution in [0.1, 0.15) is 55.1 Å². The fourth-order valence-corrected chi connectivity index (χ4v) is 3.61. The van der Waals surface area contributed by atoms with Gasteiger partial charge in [-0.2, -0.15) is 0 Å². The van der Waals surface area contributed by atoms with Gasteiger partial charge in [-0.3, -0.25) is 14.4 Å². The molecule has 2 aromatic heterocycles. The van der Waals surface area contributed by atoms with Gasteiger partial charge >= 0.3 is 0 Å². The van der Waals surface area contributed by atoms with Crippen molar-refractivity contribution in [3.05, 3.63) is 54.0 Å². The molecule has 3 aromatic rings. The Hall–Kier alpha value is -3.75. The minimum absolute atomic E-state index is 0.156. The monoisotopic (exact) mass is 448 g/mol. The number of nitrogens with one attached hydrogen (secondary N) is 4. The van der Waals surface area contributed by atoms with Gasteiger partial charge in [0.25, 0.3) is 5.91 Å². The Balaban J connectivity index is 1.41. The van der Waals surface area contributed by atoms with Crippen LogP contribution in [0.3, 0.4) is 0 Å². The Morgan fingerprint density at radius 3 is 2.61 bits per heavy atom. The minimum Gasteiger partial charge on any atom is -0.345 e. The topological polar surface area (TPSA) is 129 Å². The molecule has 1 fully saturated rings. The number of fused-ring (bicyclic) bond motifs is 1. The molecule has 4 rings (SSSR count). The standard InChI is InChI=1S/C24H28N6O3/c1-14(2)10-18(24(33)27-13-20(31)28-16-6-4-3-5-7-16)30-23(32)17-11-25-22-21(17)29-19(12-26-22)15-8-9-15/h3-7,11-12,14-15,18H,8-10,13H2,1-2H3,(H,25,26)(H,27,33)(H,28,31)(H,30,32). The quantitative estimate of drug-likeness (QED) is 0.400. The lowest BCUT2D eigenvalue weighted by Crippen LogP contribution is -2.49. The summed E-state index contributed by atoms with van der Waals surface area (Å²) in [5, 5.41) is 8.16. The van der Waals surface area contributed by atoms with Crippen molar-refractivity contribution in [2.45, 2.75) is 45.1 Å². The smallest absolute Gasteiger partial charge is 0.255 e. The van der Waals surface area contributed by atoms with E-state index in [1.54, 1.807) is 24.5 Å². The first-order chi connectivity index (χ1) is 15.9. The van der Waals surface area contributed by atoms with Crippen molar-refractivity contribution in [2.75, 3.05) is 11.9 Å². The van der Waals surface area contributed by atoms with Gasteiger partial charge in [0, 0.05) is 17.8 Å². The van der Waals surface area contributed by atoms with Crippen molar-refractivity contribution < 1.29 is 14.4 Å². The number of hydrogen-bond donors (Lipinski definition) is 4. The van der Waals surface area contributed by atoms with E-state index in [1.807, 2.05) is 32.0 Å². The molecule has 33 heavy (non-hydrogen) atoms. The van der Waals surface area contributed by atoms with Gasteiger partial charge < -0.3 is 20.9 Å². The summed E-state index contributed by atoms with van der Waals surface area (Å²) in [5.74, 6) is -0.593. The van der Waals surface area contributed by atoms with E-state index in [4.69, 9.17) is 0 Å². The van der Waals surface area contributed by atoms with Crippen molar-refractivity contribution in [3.63, 3.8) is 0 Å². The molecule has 9 heteroatoms. The number of carbonyl (C=O) groups excluding carboxylic acids is 3. The summed E-state index contributed by atoms with van der Waals surface area (Å²) in [7, 11) is 0. The van der Waals surface area contributed by atoms with Crippen molar-refractivity contribution in [2.24, 2.45) is 5.92 Å². The number of aromatic nitrogens is 3. The van der Waals surface area contributed by atoms with E-state index >= 15 is 0 Å². The molecule has 3 amide bonds. The van der Waals surface area contributed by atoms with Crippen molar-refractivity contribution in [1.29, 1.82) is 0 Å². The van der Waals surface area contributed by atoms with Crippen LogP contribution in [0.25, 0.3) is 11.2 Å². The number of aromatic amines is 1. The Morgan fingerprint density at radius 1 is 1.15 bits per heavy atom. The molecule has 0 bridgehead atoms. The number of hydrogen-bond acceptors (Lipinski definition) is 5. The lowest BCUT2D eigenvalue weighted by molar-refractivity contribution is -0.125. The average Bonchev–Trinajstić information content (AvgIpc) is 3.56. The third kappa shape index (κ3) is 5.74. The van der Waals surface area contributed by atoms with Crippen molar-refractivity contribution in [3.8, 4) is 0 Å². The molecule has 1 aliphatic rings. The van der Waals surface area contributed by atoms with E-state index in [-0.39, 0.29) is 18.4 Å². The van der Waals surface area contributed by atoms with Crippen molar-refractivity contribution >= 4 is 34.6 Å². The number of benzene rings is 1. The molecule has 9 nitrogen and oxygen atoms in total. The number of nitrogens with zero attached hydrogens (tertiary/aromatic N) is 2. The number of H-pyrrole nitrogens is 1. The van der Waals surface area contributed by atoms with Gasteiger partial charge in [-0.05, 0) is 37.3 Å². The van der Waals surface area contributed by atoms with Gasteiger partial charge in [-0.1, -0.05) is 32.0 Å². The lowest BCUT2D eigenvalue weighted by Gasteiger charge is -2.20. The minimum atomic E-state index is -0.786. The molecule has 0 spiro atoms. The number of carbonyl (C=O) groups is 3. The number of para-hydroxylation sites is 1. The zero-order chi connectivity index (χ0) is 23.4. The highest BCUT2D eigenvalue weighted by atomic mass is 16.2. The zero-order valence-corrected chi connectivity index (χ0v) is 18.7. The molecule has 172 valence electrons. The van der Waals surface area contributed by atoms with Crippen LogP contribution in [-0.4, -0.2) is 45.3 Å². The van der Waals surface area contributed by atoms with Gasteiger partial charge in [0.2, 0.25) is 11.8 Å². The lowest BCUT2D eigenvalue weighted by atomic mass is 10.0. The second-order valence-electron chi connectivity index (χ2n) is 8.76. The predicted molar refractivity (Wildman–Crippen MR) is 125 cm³/mol. The molecule has 1 unspecified atom stereocenters. The van der Waals surface area contributed by atoms with Crippen LogP contribution in [0.4, 0.5) is 5.69 Å². The van der Waals surface area contributed by atoms with Crippen LogP contribution in [-0.2, 0) is 9.59 Å². The number of amides is 3. The van der Waals surface area contributed by atoms with Crippen LogP contribution < -0.4 is 16.0 Å². The summed E-state index contributed by atoms with van der Waals surface area (Å²) in [5.41, 5.74) is 2.92. The summed E-state index contributed by atoms with van der Waals surface area (Å²) >= 11 is 0. The van der Waals surface area contributed by atoms with Crippen LogP contribution in [0.5, 0.6) is 0 Å². The van der Waals surface area contributed by atoms with Crippen LogP contribution in [0, 0.1) is 5.92 Å². The third-order valence-corrected chi connectivity index (χ3v) is 5.45. The predicted octanol–water partition coefficient (Wildman–Crippen LogP) is 2.73. The molecule has 0 saturated heterocycles. The Bertz CT molecular complexity index is 1150. The maximum atomic E-state index is 13.0. The molecule has 0 radical (unpaired) electrons. The number of rotatable bonds is 9. The van der Waals surface area contributed by atoms with E-state index in [0.717, 1.165) is 18.5 Å². The van der Waals surface area contributed by atoms with Gasteiger partial charge in [-0.25, -0.2) is 9.97 Å². The molecule has 2 heterocycles. The Labute approximate surface area is 191 Å². The van der Waals surface area contributed by atoms with Crippen LogP contribution >= 0.6 is 0 Å². The van der Waals surface area contributed by atoms with Crippen LogP contribution in [0.15, 0.2) is 42.7 Å². The summed E-state index contributed by atoms with van der Waals surface area (Å²) in [4.78, 5) is 50.0. The van der Waals surface area contributed by atoms with Gasteiger partial charge in [0.15, 0.2) is 5.65 Å². The van der Waals surface area contributed by atoms with Gasteiger partial charge in [-0.15, -0.1) is 0 Å². The van der Waals surface area contributed by atoms with E-state index in [2.05, 4.69) is 30.9 Å². The molecular formula is C24H28N6O3. The maximum Gasteiger partial charge on any atom is 0.255 e. The summed E-state index contributed by atoms with van der Waals surface area (Å²) in [6, 6.07) is 8.21. The highest BCUT2D eigenvalue weighted by molar-refractivity contribution is 6.06. The van der Waals surface area contributed by atoms with E-state index in [0.29, 0.717) is 34.8 Å². The molecule has 1 aromatic carbocycles. The first-order valence-electron chi connectivity index (χ1n) is 11.2. The first kappa shape index (κ1) is 22.4. The van der Waals surface area contributed by atoms with Crippen molar-refractivity contribution in [1.82, 2.24) is 25.6 Å². The maximum absolute atomic E-state index is 13.0. The molecule has 1 aliphatic carbocycles. The Kier molecular flexibility index (Phi) is 6.67.